The molecular weight excluding hydrogens is 356 g/mol. The number of amides is 2. The van der Waals surface area contributed by atoms with Gasteiger partial charge in [-0.1, -0.05) is 18.2 Å². The summed E-state index contributed by atoms with van der Waals surface area (Å²) in [7, 11) is 3.47. The lowest BCUT2D eigenvalue weighted by atomic mass is 10.0. The summed E-state index contributed by atoms with van der Waals surface area (Å²) in [5.74, 6) is 0.932. The molecular formula is C21H22N4O3. The van der Waals surface area contributed by atoms with Crippen molar-refractivity contribution in [3.8, 4) is 5.75 Å². The number of benzene rings is 2. The van der Waals surface area contributed by atoms with Gasteiger partial charge in [-0.3, -0.25) is 9.59 Å². The SMILES string of the molecule is COc1ccccc1C(NC(=O)c1ccc(NC(C)=O)cc1)c1nccn1C. The topological polar surface area (TPSA) is 85.2 Å². The molecule has 2 amide bonds. The van der Waals surface area contributed by atoms with Gasteiger partial charge < -0.3 is 19.9 Å². The average molecular weight is 378 g/mol. The first-order valence-electron chi connectivity index (χ1n) is 8.78. The van der Waals surface area contributed by atoms with Gasteiger partial charge in [-0.2, -0.15) is 0 Å². The zero-order valence-corrected chi connectivity index (χ0v) is 16.0. The standard InChI is InChI=1S/C21H22N4O3/c1-14(26)23-16-10-8-15(9-11-16)21(27)24-19(20-22-12-13-25(20)2)17-6-4-5-7-18(17)28-3/h4-13,19H,1-3H3,(H,23,26)(H,24,27). The van der Waals surface area contributed by atoms with Gasteiger partial charge in [0.25, 0.3) is 5.91 Å². The van der Waals surface area contributed by atoms with Crippen molar-refractivity contribution >= 4 is 17.5 Å². The number of carbonyl (C=O) groups excluding carboxylic acids is 2. The first-order chi connectivity index (χ1) is 13.5. The molecule has 7 nitrogen and oxygen atoms in total. The van der Waals surface area contributed by atoms with Crippen molar-refractivity contribution in [3.05, 3.63) is 77.9 Å². The van der Waals surface area contributed by atoms with Gasteiger partial charge in [-0.15, -0.1) is 0 Å². The van der Waals surface area contributed by atoms with Crippen molar-refractivity contribution < 1.29 is 14.3 Å². The van der Waals surface area contributed by atoms with Crippen LogP contribution >= 0.6 is 0 Å². The minimum Gasteiger partial charge on any atom is -0.496 e. The summed E-state index contributed by atoms with van der Waals surface area (Å²) in [6.45, 7) is 1.44. The summed E-state index contributed by atoms with van der Waals surface area (Å²) < 4.78 is 7.33. The van der Waals surface area contributed by atoms with Crippen LogP contribution in [0.5, 0.6) is 5.75 Å². The fourth-order valence-corrected chi connectivity index (χ4v) is 2.96. The summed E-state index contributed by atoms with van der Waals surface area (Å²) in [4.78, 5) is 28.4. The average Bonchev–Trinajstić information content (AvgIpc) is 3.11. The maximum atomic E-state index is 12.9. The summed E-state index contributed by atoms with van der Waals surface area (Å²) >= 11 is 0. The van der Waals surface area contributed by atoms with Crippen molar-refractivity contribution in [2.45, 2.75) is 13.0 Å². The van der Waals surface area contributed by atoms with Crippen LogP contribution in [0.15, 0.2) is 60.9 Å². The molecule has 0 radical (unpaired) electrons. The Hall–Kier alpha value is -3.61. The second kappa shape index (κ2) is 8.39. The molecule has 144 valence electrons. The van der Waals surface area contributed by atoms with Gasteiger partial charge in [-0.25, -0.2) is 4.98 Å². The Balaban J connectivity index is 1.90. The monoisotopic (exact) mass is 378 g/mol. The van der Waals surface area contributed by atoms with Crippen LogP contribution in [0.25, 0.3) is 0 Å². The molecule has 0 aliphatic rings. The highest BCUT2D eigenvalue weighted by molar-refractivity contribution is 5.96. The van der Waals surface area contributed by atoms with Gasteiger partial charge in [0, 0.05) is 43.2 Å². The normalized spacial score (nSPS) is 11.5. The number of anilines is 1. The molecule has 0 aliphatic carbocycles. The number of ether oxygens (including phenoxy) is 1. The Bertz CT molecular complexity index is 979. The number of hydrogen-bond donors (Lipinski definition) is 2. The number of rotatable bonds is 6. The second-order valence-electron chi connectivity index (χ2n) is 6.30. The molecule has 0 fully saturated rings. The molecule has 0 spiro atoms. The second-order valence-corrected chi connectivity index (χ2v) is 6.30. The molecule has 28 heavy (non-hydrogen) atoms. The van der Waals surface area contributed by atoms with E-state index in [0.29, 0.717) is 22.8 Å². The van der Waals surface area contributed by atoms with Crippen molar-refractivity contribution in [1.82, 2.24) is 14.9 Å². The molecule has 2 aromatic carbocycles. The van der Waals surface area contributed by atoms with E-state index in [1.165, 1.54) is 6.92 Å². The predicted molar refractivity (Wildman–Crippen MR) is 106 cm³/mol. The van der Waals surface area contributed by atoms with Gasteiger partial charge in [0.15, 0.2) is 0 Å². The van der Waals surface area contributed by atoms with Gasteiger partial charge in [0.2, 0.25) is 5.91 Å². The van der Waals surface area contributed by atoms with E-state index in [9.17, 15) is 9.59 Å². The Morgan fingerprint density at radius 3 is 2.43 bits per heavy atom. The molecule has 0 bridgehead atoms. The van der Waals surface area contributed by atoms with Crippen LogP contribution in [-0.4, -0.2) is 28.5 Å². The van der Waals surface area contributed by atoms with E-state index in [2.05, 4.69) is 15.6 Å². The zero-order chi connectivity index (χ0) is 20.1. The Morgan fingerprint density at radius 1 is 1.11 bits per heavy atom. The lowest BCUT2D eigenvalue weighted by molar-refractivity contribution is -0.114. The van der Waals surface area contributed by atoms with E-state index in [1.807, 2.05) is 42.1 Å². The molecule has 0 aliphatic heterocycles. The van der Waals surface area contributed by atoms with E-state index >= 15 is 0 Å². The number of para-hydroxylation sites is 1. The first-order valence-corrected chi connectivity index (χ1v) is 8.78. The molecule has 1 heterocycles. The van der Waals surface area contributed by atoms with Crippen LogP contribution in [0.2, 0.25) is 0 Å². The highest BCUT2D eigenvalue weighted by Crippen LogP contribution is 2.29. The third-order valence-corrected chi connectivity index (χ3v) is 4.31. The van der Waals surface area contributed by atoms with E-state index in [0.717, 1.165) is 5.56 Å². The molecule has 7 heteroatoms. The largest absolute Gasteiger partial charge is 0.496 e. The zero-order valence-electron chi connectivity index (χ0n) is 16.0. The third-order valence-electron chi connectivity index (χ3n) is 4.31. The molecule has 0 saturated carbocycles. The van der Waals surface area contributed by atoms with Gasteiger partial charge in [-0.05, 0) is 30.3 Å². The quantitative estimate of drug-likeness (QED) is 0.691. The Kier molecular flexibility index (Phi) is 5.74. The molecule has 2 N–H and O–H groups in total. The van der Waals surface area contributed by atoms with E-state index in [4.69, 9.17) is 4.74 Å². The first kappa shape index (κ1) is 19.2. The minimum atomic E-state index is -0.487. The minimum absolute atomic E-state index is 0.164. The van der Waals surface area contributed by atoms with Crippen LogP contribution in [0.4, 0.5) is 5.69 Å². The summed E-state index contributed by atoms with van der Waals surface area (Å²) in [5, 5.41) is 5.72. The molecule has 3 rings (SSSR count). The summed E-state index contributed by atoms with van der Waals surface area (Å²) in [5.41, 5.74) is 1.92. The van der Waals surface area contributed by atoms with Crippen LogP contribution in [0.3, 0.4) is 0 Å². The molecule has 1 unspecified atom stereocenters. The van der Waals surface area contributed by atoms with Crippen molar-refractivity contribution in [2.24, 2.45) is 7.05 Å². The summed E-state index contributed by atoms with van der Waals surface area (Å²) in [6.07, 6.45) is 3.51. The summed E-state index contributed by atoms with van der Waals surface area (Å²) in [6, 6.07) is 13.7. The molecule has 1 aromatic heterocycles. The number of nitrogens with zero attached hydrogens (tertiary/aromatic N) is 2. The smallest absolute Gasteiger partial charge is 0.252 e. The van der Waals surface area contributed by atoms with Crippen molar-refractivity contribution in [1.29, 1.82) is 0 Å². The number of nitrogens with one attached hydrogen (secondary N) is 2. The van der Waals surface area contributed by atoms with Crippen LogP contribution in [-0.2, 0) is 11.8 Å². The fourth-order valence-electron chi connectivity index (χ4n) is 2.96. The highest BCUT2D eigenvalue weighted by Gasteiger charge is 2.24. The molecule has 3 aromatic rings. The lowest BCUT2D eigenvalue weighted by Crippen LogP contribution is -2.31. The van der Waals surface area contributed by atoms with Gasteiger partial charge >= 0.3 is 0 Å². The number of aromatic nitrogens is 2. The van der Waals surface area contributed by atoms with Crippen LogP contribution in [0, 0.1) is 0 Å². The molecule has 0 saturated heterocycles. The van der Waals surface area contributed by atoms with Crippen LogP contribution < -0.4 is 15.4 Å². The number of hydrogen-bond acceptors (Lipinski definition) is 4. The highest BCUT2D eigenvalue weighted by atomic mass is 16.5. The number of imidazole rings is 1. The lowest BCUT2D eigenvalue weighted by Gasteiger charge is -2.21. The predicted octanol–water partition coefficient (Wildman–Crippen LogP) is 2.91. The van der Waals surface area contributed by atoms with Crippen molar-refractivity contribution in [3.63, 3.8) is 0 Å². The Morgan fingerprint density at radius 2 is 1.82 bits per heavy atom. The number of methoxy groups -OCH3 is 1. The van der Waals surface area contributed by atoms with Crippen LogP contribution in [0.1, 0.15) is 34.7 Å². The van der Waals surface area contributed by atoms with E-state index in [-0.39, 0.29) is 11.8 Å². The van der Waals surface area contributed by atoms with E-state index in [1.54, 1.807) is 37.6 Å². The van der Waals surface area contributed by atoms with E-state index < -0.39 is 6.04 Å². The maximum Gasteiger partial charge on any atom is 0.252 e. The Labute approximate surface area is 163 Å². The number of carbonyl (C=O) groups is 2. The molecule has 1 atom stereocenters. The maximum absolute atomic E-state index is 12.9. The fraction of sp³-hybridized carbons (Fsp3) is 0.190. The van der Waals surface area contributed by atoms with Gasteiger partial charge in [0.1, 0.15) is 17.6 Å². The van der Waals surface area contributed by atoms with Crippen molar-refractivity contribution in [2.75, 3.05) is 12.4 Å². The van der Waals surface area contributed by atoms with Gasteiger partial charge in [0.05, 0.1) is 7.11 Å². The number of aryl methyl sites for hydroxylation is 1. The third kappa shape index (κ3) is 4.20.